The number of aromatic nitrogens is 2. The first-order chi connectivity index (χ1) is 10.9. The third kappa shape index (κ3) is 4.11. The highest BCUT2D eigenvalue weighted by molar-refractivity contribution is 7.88. The van der Waals surface area contributed by atoms with Crippen molar-refractivity contribution in [3.8, 4) is 28.6 Å². The fraction of sp³-hybridized carbons (Fsp3) is 0.385. The minimum Gasteiger partial charge on any atom is -0.493 e. The molecule has 0 aliphatic carbocycles. The van der Waals surface area contributed by atoms with Gasteiger partial charge in [-0.3, -0.25) is 0 Å². The maximum absolute atomic E-state index is 11.1. The number of hydrogen-bond acceptors (Lipinski definition) is 8. The fourth-order valence-corrected chi connectivity index (χ4v) is 2.23. The molecule has 0 saturated carbocycles. The van der Waals surface area contributed by atoms with Crippen molar-refractivity contribution in [2.24, 2.45) is 0 Å². The zero-order valence-corrected chi connectivity index (χ0v) is 13.9. The molecule has 23 heavy (non-hydrogen) atoms. The molecule has 0 bridgehead atoms. The normalized spacial score (nSPS) is 11.3. The molecule has 0 spiro atoms. The van der Waals surface area contributed by atoms with Gasteiger partial charge in [0.1, 0.15) is 0 Å². The smallest absolute Gasteiger partial charge is 0.242 e. The molecule has 0 saturated heterocycles. The Hall–Kier alpha value is -2.33. The van der Waals surface area contributed by atoms with Crippen molar-refractivity contribution in [1.82, 2.24) is 14.9 Å². The lowest BCUT2D eigenvalue weighted by molar-refractivity contribution is 0.324. The van der Waals surface area contributed by atoms with E-state index in [1.165, 1.54) is 21.3 Å². The maximum atomic E-state index is 11.1. The highest BCUT2D eigenvalue weighted by Gasteiger charge is 2.17. The van der Waals surface area contributed by atoms with Gasteiger partial charge in [-0.15, -0.1) is 0 Å². The molecule has 2 aromatic rings. The molecular weight excluding hydrogens is 326 g/mol. The third-order valence-corrected chi connectivity index (χ3v) is 3.55. The fourth-order valence-electron chi connectivity index (χ4n) is 1.85. The maximum Gasteiger partial charge on any atom is 0.242 e. The molecule has 0 atom stereocenters. The van der Waals surface area contributed by atoms with Crippen LogP contribution in [-0.4, -0.2) is 46.1 Å². The first-order valence-corrected chi connectivity index (χ1v) is 8.34. The minimum absolute atomic E-state index is 0.0870. The summed E-state index contributed by atoms with van der Waals surface area (Å²) in [5, 5.41) is 3.82. The van der Waals surface area contributed by atoms with Gasteiger partial charge in [-0.1, -0.05) is 5.16 Å². The second-order valence-corrected chi connectivity index (χ2v) is 6.35. The molecule has 1 aromatic heterocycles. The molecule has 0 aliphatic rings. The van der Waals surface area contributed by atoms with E-state index in [0.717, 1.165) is 6.26 Å². The van der Waals surface area contributed by atoms with Crippen molar-refractivity contribution >= 4 is 10.0 Å². The molecule has 9 nitrogen and oxygen atoms in total. The van der Waals surface area contributed by atoms with E-state index in [2.05, 4.69) is 14.9 Å². The number of nitrogens with zero attached hydrogens (tertiary/aromatic N) is 2. The summed E-state index contributed by atoms with van der Waals surface area (Å²) in [6, 6.07) is 3.33. The van der Waals surface area contributed by atoms with E-state index >= 15 is 0 Å². The highest BCUT2D eigenvalue weighted by Crippen LogP contribution is 2.40. The van der Waals surface area contributed by atoms with E-state index in [-0.39, 0.29) is 18.3 Å². The molecular formula is C13H17N3O6S. The van der Waals surface area contributed by atoms with Crippen LogP contribution >= 0.6 is 0 Å². The zero-order valence-electron chi connectivity index (χ0n) is 13.1. The Morgan fingerprint density at radius 1 is 1.13 bits per heavy atom. The Bertz CT molecular complexity index is 762. The molecule has 0 radical (unpaired) electrons. The van der Waals surface area contributed by atoms with Gasteiger partial charge in [-0.2, -0.15) is 4.98 Å². The van der Waals surface area contributed by atoms with Crippen molar-refractivity contribution in [2.75, 3.05) is 27.6 Å². The largest absolute Gasteiger partial charge is 0.493 e. The SMILES string of the molecule is COc1cc(-c2noc(CNS(C)(=O)=O)n2)cc(OC)c1OC. The average Bonchev–Trinajstić information content (AvgIpc) is 2.99. The third-order valence-electron chi connectivity index (χ3n) is 2.88. The summed E-state index contributed by atoms with van der Waals surface area (Å²) in [6.07, 6.45) is 1.05. The second kappa shape index (κ2) is 6.84. The molecule has 1 N–H and O–H groups in total. The second-order valence-electron chi connectivity index (χ2n) is 4.52. The Balaban J connectivity index is 2.33. The molecule has 1 aromatic carbocycles. The van der Waals surface area contributed by atoms with Gasteiger partial charge in [0.15, 0.2) is 11.5 Å². The van der Waals surface area contributed by atoms with Crippen molar-refractivity contribution in [3.63, 3.8) is 0 Å². The van der Waals surface area contributed by atoms with Gasteiger partial charge in [0.25, 0.3) is 0 Å². The summed E-state index contributed by atoms with van der Waals surface area (Å²) < 4.78 is 45.2. The van der Waals surface area contributed by atoms with Crippen LogP contribution in [0.25, 0.3) is 11.4 Å². The van der Waals surface area contributed by atoms with Crippen LogP contribution in [0.4, 0.5) is 0 Å². The first-order valence-electron chi connectivity index (χ1n) is 6.45. The van der Waals surface area contributed by atoms with Crippen LogP contribution in [0.15, 0.2) is 16.7 Å². The van der Waals surface area contributed by atoms with Crippen LogP contribution in [0, 0.1) is 0 Å². The Morgan fingerprint density at radius 2 is 1.74 bits per heavy atom. The Kier molecular flexibility index (Phi) is 5.06. The number of nitrogens with one attached hydrogen (secondary N) is 1. The van der Waals surface area contributed by atoms with Crippen molar-refractivity contribution < 1.29 is 27.2 Å². The number of benzene rings is 1. The number of methoxy groups -OCH3 is 3. The average molecular weight is 343 g/mol. The minimum atomic E-state index is -3.34. The summed E-state index contributed by atoms with van der Waals surface area (Å²) in [6.45, 7) is -0.0870. The van der Waals surface area contributed by atoms with Gasteiger partial charge < -0.3 is 18.7 Å². The van der Waals surface area contributed by atoms with E-state index in [1.807, 2.05) is 0 Å². The first kappa shape index (κ1) is 17.0. The lowest BCUT2D eigenvalue weighted by Gasteiger charge is -2.12. The van der Waals surface area contributed by atoms with Crippen LogP contribution in [0.3, 0.4) is 0 Å². The summed E-state index contributed by atoms with van der Waals surface area (Å²) in [5.74, 6) is 1.75. The van der Waals surface area contributed by atoms with Crippen LogP contribution in [-0.2, 0) is 16.6 Å². The van der Waals surface area contributed by atoms with Gasteiger partial charge in [0.2, 0.25) is 27.5 Å². The van der Waals surface area contributed by atoms with Gasteiger partial charge >= 0.3 is 0 Å². The van der Waals surface area contributed by atoms with Gasteiger partial charge in [-0.05, 0) is 12.1 Å². The van der Waals surface area contributed by atoms with Crippen LogP contribution < -0.4 is 18.9 Å². The summed E-state index contributed by atoms with van der Waals surface area (Å²) >= 11 is 0. The number of ether oxygens (including phenoxy) is 3. The van der Waals surface area contributed by atoms with Crippen LogP contribution in [0.1, 0.15) is 5.89 Å². The molecule has 0 unspecified atom stereocenters. The van der Waals surface area contributed by atoms with E-state index in [0.29, 0.717) is 22.8 Å². The number of hydrogen-bond donors (Lipinski definition) is 1. The van der Waals surface area contributed by atoms with Crippen molar-refractivity contribution in [2.45, 2.75) is 6.54 Å². The van der Waals surface area contributed by atoms with Crippen LogP contribution in [0.5, 0.6) is 17.2 Å². The molecule has 0 amide bonds. The Labute approximate surface area is 133 Å². The van der Waals surface area contributed by atoms with Gasteiger partial charge in [0.05, 0.1) is 34.1 Å². The lowest BCUT2D eigenvalue weighted by atomic mass is 10.1. The topological polar surface area (TPSA) is 113 Å². The highest BCUT2D eigenvalue weighted by atomic mass is 32.2. The van der Waals surface area contributed by atoms with E-state index < -0.39 is 10.0 Å². The van der Waals surface area contributed by atoms with E-state index in [1.54, 1.807) is 12.1 Å². The standard InChI is InChI=1S/C13H17N3O6S/c1-19-9-5-8(6-10(20-2)12(9)21-3)13-15-11(22-16-13)7-14-23(4,17)18/h5-6,14H,7H2,1-4H3. The van der Waals surface area contributed by atoms with E-state index in [9.17, 15) is 8.42 Å². The molecule has 0 aliphatic heterocycles. The molecule has 10 heteroatoms. The van der Waals surface area contributed by atoms with Crippen molar-refractivity contribution in [3.05, 3.63) is 18.0 Å². The molecule has 126 valence electrons. The molecule has 0 fully saturated rings. The van der Waals surface area contributed by atoms with Crippen molar-refractivity contribution in [1.29, 1.82) is 0 Å². The van der Waals surface area contributed by atoms with Gasteiger partial charge in [0, 0.05) is 5.56 Å². The Morgan fingerprint density at radius 3 is 2.22 bits per heavy atom. The number of sulfonamides is 1. The predicted octanol–water partition coefficient (Wildman–Crippen LogP) is 0.812. The van der Waals surface area contributed by atoms with Gasteiger partial charge in [-0.25, -0.2) is 13.1 Å². The zero-order chi connectivity index (χ0) is 17.0. The van der Waals surface area contributed by atoms with Crippen LogP contribution in [0.2, 0.25) is 0 Å². The molecule has 2 rings (SSSR count). The summed E-state index contributed by atoms with van der Waals surface area (Å²) in [5.41, 5.74) is 0.578. The quantitative estimate of drug-likeness (QED) is 0.786. The number of rotatable bonds is 7. The summed E-state index contributed by atoms with van der Waals surface area (Å²) in [4.78, 5) is 4.13. The summed E-state index contributed by atoms with van der Waals surface area (Å²) in [7, 11) is 1.16. The van der Waals surface area contributed by atoms with E-state index in [4.69, 9.17) is 18.7 Å². The monoisotopic (exact) mass is 343 g/mol. The lowest BCUT2D eigenvalue weighted by Crippen LogP contribution is -2.21. The predicted molar refractivity (Wildman–Crippen MR) is 81.1 cm³/mol. The molecule has 1 heterocycles.